The Bertz CT molecular complexity index is 2310. The number of rotatable bonds is 14. The first-order valence-corrected chi connectivity index (χ1v) is 22.4. The summed E-state index contributed by atoms with van der Waals surface area (Å²) < 4.78 is 19.5. The molecule has 1 N–H and O–H groups in total. The summed E-state index contributed by atoms with van der Waals surface area (Å²) in [6.45, 7) is 10.1. The lowest BCUT2D eigenvalue weighted by Crippen LogP contribution is -2.55. The number of nitrogens with zero attached hydrogens (tertiary/aromatic N) is 6. The molecule has 5 unspecified atom stereocenters. The molecule has 4 bridgehead atoms. The molecular weight excluding hydrogens is 749 g/mol. The quantitative estimate of drug-likeness (QED) is 0.115. The first-order valence-electron chi connectivity index (χ1n) is 22.4. The van der Waals surface area contributed by atoms with Crippen LogP contribution in [0.1, 0.15) is 80.9 Å². The topological polar surface area (TPSA) is 106 Å². The van der Waals surface area contributed by atoms with E-state index in [0.29, 0.717) is 37.1 Å². The summed E-state index contributed by atoms with van der Waals surface area (Å²) in [5, 5.41) is 23.6. The van der Waals surface area contributed by atoms with Crippen molar-refractivity contribution in [1.29, 1.82) is 0 Å². The normalized spacial score (nSPS) is 27.0. The van der Waals surface area contributed by atoms with Crippen LogP contribution in [0.15, 0.2) is 85.2 Å². The number of aromatic nitrogens is 4. The van der Waals surface area contributed by atoms with Crippen LogP contribution in [0.5, 0.6) is 17.5 Å². The molecule has 10 atom stereocenters. The predicted molar refractivity (Wildman–Crippen MR) is 236 cm³/mol. The van der Waals surface area contributed by atoms with Gasteiger partial charge < -0.3 is 19.3 Å². The van der Waals surface area contributed by atoms with Gasteiger partial charge in [0.2, 0.25) is 11.8 Å². The smallest absolute Gasteiger partial charge is 0.241 e. The van der Waals surface area contributed by atoms with Crippen LogP contribution in [-0.2, 0) is 6.61 Å². The van der Waals surface area contributed by atoms with Gasteiger partial charge in [-0.05, 0) is 134 Å². The molecule has 0 amide bonds. The highest BCUT2D eigenvalue weighted by molar-refractivity contribution is 5.90. The number of fused-ring (bicyclic) bond motifs is 9. The molecule has 6 aliphatic heterocycles. The number of methoxy groups -OCH3 is 1. The zero-order chi connectivity index (χ0) is 40.7. The fourth-order valence-corrected chi connectivity index (χ4v) is 11.8. The summed E-state index contributed by atoms with van der Waals surface area (Å²) in [5.74, 6) is 4.98. The van der Waals surface area contributed by atoms with E-state index < -0.39 is 0 Å². The Morgan fingerprint density at radius 3 is 1.68 bits per heavy atom. The van der Waals surface area contributed by atoms with Crippen molar-refractivity contribution in [1.82, 2.24) is 30.0 Å². The van der Waals surface area contributed by atoms with E-state index in [1.54, 1.807) is 7.11 Å². The molecule has 3 aromatic heterocycles. The van der Waals surface area contributed by atoms with Gasteiger partial charge in [-0.15, -0.1) is 10.2 Å². The van der Waals surface area contributed by atoms with Crippen LogP contribution in [-0.4, -0.2) is 93.7 Å². The van der Waals surface area contributed by atoms with Gasteiger partial charge in [-0.3, -0.25) is 19.8 Å². The third kappa shape index (κ3) is 7.24. The summed E-state index contributed by atoms with van der Waals surface area (Å²) in [5.41, 5.74) is 5.23. The molecular formula is C50H58N6O4. The van der Waals surface area contributed by atoms with E-state index in [0.717, 1.165) is 107 Å². The predicted octanol–water partition coefficient (Wildman–Crippen LogP) is 8.79. The summed E-state index contributed by atoms with van der Waals surface area (Å²) >= 11 is 0. The average molecular weight is 807 g/mol. The number of piperidine rings is 6. The molecule has 3 aromatic carbocycles. The monoisotopic (exact) mass is 806 g/mol. The Kier molecular flexibility index (Phi) is 11.0. The number of aliphatic hydroxyl groups excluding tert-OH is 1. The minimum atomic E-state index is -0.00928. The third-order valence-electron chi connectivity index (χ3n) is 15.1. The fourth-order valence-electron chi connectivity index (χ4n) is 11.8. The van der Waals surface area contributed by atoms with Gasteiger partial charge in [0, 0.05) is 60.2 Å². The molecule has 10 nitrogen and oxygen atoms in total. The van der Waals surface area contributed by atoms with Gasteiger partial charge >= 0.3 is 0 Å². The van der Waals surface area contributed by atoms with E-state index in [2.05, 4.69) is 66.1 Å². The zero-order valence-corrected chi connectivity index (χ0v) is 35.2. The van der Waals surface area contributed by atoms with Crippen LogP contribution in [0, 0.1) is 23.7 Å². The first kappa shape index (κ1) is 39.2. The number of aliphatic hydroxyl groups is 1. The van der Waals surface area contributed by atoms with Gasteiger partial charge in [0.1, 0.15) is 5.75 Å². The molecule has 6 aliphatic rings. The lowest BCUT2D eigenvalue weighted by atomic mass is 9.70. The van der Waals surface area contributed by atoms with Gasteiger partial charge in [-0.25, -0.2) is 0 Å². The Morgan fingerprint density at radius 1 is 0.667 bits per heavy atom. The molecule has 10 heteroatoms. The number of benzene rings is 3. The molecule has 9 heterocycles. The molecule has 6 aromatic rings. The van der Waals surface area contributed by atoms with E-state index in [9.17, 15) is 5.11 Å². The number of hydrogen-bond acceptors (Lipinski definition) is 10. The van der Waals surface area contributed by atoms with Crippen molar-refractivity contribution in [3.05, 3.63) is 102 Å². The molecule has 60 heavy (non-hydrogen) atoms. The van der Waals surface area contributed by atoms with Crippen LogP contribution >= 0.6 is 0 Å². The highest BCUT2D eigenvalue weighted by Crippen LogP contribution is 2.46. The second-order valence-corrected chi connectivity index (χ2v) is 17.9. The Morgan fingerprint density at radius 2 is 1.20 bits per heavy atom. The maximum absolute atomic E-state index is 10.1. The highest BCUT2D eigenvalue weighted by Gasteiger charge is 2.45. The molecule has 6 saturated heterocycles. The van der Waals surface area contributed by atoms with Gasteiger partial charge in [0.05, 0.1) is 48.7 Å². The van der Waals surface area contributed by atoms with E-state index in [4.69, 9.17) is 34.4 Å². The summed E-state index contributed by atoms with van der Waals surface area (Å²) in [6, 6.07) is 25.5. The molecule has 0 aliphatic carbocycles. The molecule has 0 saturated carbocycles. The standard InChI is InChI=1S/C50H58N6O4/c1-4-32-26-55-20-16-34(32)23-47(55)43(37-14-18-51-45-12-10-31(28-57)22-41(37)45)29-59-49-39-8-6-7-9-40(39)50(54-53-49)60-30-44(48-24-35-17-21-56(48)27-33(35)5-2)38-15-19-52-46-13-11-36(58-3)25-42(38)46/h6-15,18-19,22,25,32-35,43-44,47-48,57H,4-5,16-17,20-21,23-24,26-30H2,1-3H3/t32?,33?,34?,35-,43-,44-,47+,48+/m1/s1. The molecule has 312 valence electrons. The Hall–Kier alpha value is -4.90. The maximum Gasteiger partial charge on any atom is 0.241 e. The van der Waals surface area contributed by atoms with Crippen LogP contribution in [0.4, 0.5) is 0 Å². The minimum absolute atomic E-state index is 0.00928. The Balaban J connectivity index is 0.967. The number of pyridine rings is 2. The van der Waals surface area contributed by atoms with Crippen molar-refractivity contribution in [2.45, 2.75) is 82.9 Å². The number of hydrogen-bond donors (Lipinski definition) is 1. The second kappa shape index (κ2) is 16.9. The van der Waals surface area contributed by atoms with Gasteiger partial charge in [0.15, 0.2) is 0 Å². The van der Waals surface area contributed by atoms with Crippen molar-refractivity contribution in [3.63, 3.8) is 0 Å². The van der Waals surface area contributed by atoms with E-state index in [-0.39, 0.29) is 18.4 Å². The molecule has 6 fully saturated rings. The summed E-state index contributed by atoms with van der Waals surface area (Å²) in [4.78, 5) is 14.9. The van der Waals surface area contributed by atoms with Gasteiger partial charge in [0.25, 0.3) is 0 Å². The van der Waals surface area contributed by atoms with Crippen molar-refractivity contribution >= 4 is 32.6 Å². The average Bonchev–Trinajstić information content (AvgIpc) is 3.32. The largest absolute Gasteiger partial charge is 0.497 e. The van der Waals surface area contributed by atoms with Crippen LogP contribution < -0.4 is 14.2 Å². The second-order valence-electron chi connectivity index (χ2n) is 17.9. The van der Waals surface area contributed by atoms with Crippen LogP contribution in [0.3, 0.4) is 0 Å². The van der Waals surface area contributed by atoms with Crippen LogP contribution in [0.2, 0.25) is 0 Å². The van der Waals surface area contributed by atoms with Crippen molar-refractivity contribution in [2.24, 2.45) is 23.7 Å². The SMILES string of the molecule is CCC1CN2CCC1C[C@H]2[C@H](COc1nnc(OC[C@H](c2ccnc3ccc(OC)cc23)[C@@H]2C[C@H]3CCN2CC3CC)c2ccccc12)c1ccnc2ccc(CO)cc12. The molecule has 0 radical (unpaired) electrons. The van der Waals surface area contributed by atoms with E-state index in [1.165, 1.54) is 36.8 Å². The molecule has 12 rings (SSSR count). The fraction of sp³-hybridized carbons (Fsp3) is 0.480. The number of ether oxygens (including phenoxy) is 3. The third-order valence-corrected chi connectivity index (χ3v) is 15.1. The van der Waals surface area contributed by atoms with Crippen LogP contribution in [0.25, 0.3) is 32.6 Å². The first-order chi connectivity index (χ1) is 29.5. The Labute approximate surface area is 353 Å². The maximum atomic E-state index is 10.1. The minimum Gasteiger partial charge on any atom is -0.497 e. The lowest BCUT2D eigenvalue weighted by molar-refractivity contribution is -0.0177. The molecule has 0 spiro atoms. The summed E-state index contributed by atoms with van der Waals surface area (Å²) in [7, 11) is 1.72. The van der Waals surface area contributed by atoms with Crippen molar-refractivity contribution in [2.75, 3.05) is 46.5 Å². The lowest BCUT2D eigenvalue weighted by Gasteiger charge is -2.52. The summed E-state index contributed by atoms with van der Waals surface area (Å²) in [6.07, 6.45) is 11.1. The zero-order valence-electron chi connectivity index (χ0n) is 35.2. The van der Waals surface area contributed by atoms with E-state index >= 15 is 0 Å². The van der Waals surface area contributed by atoms with Crippen molar-refractivity contribution in [3.8, 4) is 17.5 Å². The van der Waals surface area contributed by atoms with Crippen molar-refractivity contribution < 1.29 is 19.3 Å². The van der Waals surface area contributed by atoms with Gasteiger partial charge in [-0.1, -0.05) is 44.9 Å². The highest BCUT2D eigenvalue weighted by atomic mass is 16.5. The van der Waals surface area contributed by atoms with Gasteiger partial charge in [-0.2, -0.15) is 0 Å². The van der Waals surface area contributed by atoms with E-state index in [1.807, 2.05) is 42.7 Å².